The summed E-state index contributed by atoms with van der Waals surface area (Å²) in [6, 6.07) is 10.2. The first-order valence-corrected chi connectivity index (χ1v) is 11.1. The van der Waals surface area contributed by atoms with Gasteiger partial charge in [0.2, 0.25) is 0 Å². The van der Waals surface area contributed by atoms with Crippen LogP contribution in [0.15, 0.2) is 67.0 Å². The highest BCUT2D eigenvalue weighted by Gasteiger charge is 2.38. The topological polar surface area (TPSA) is 133 Å². The van der Waals surface area contributed by atoms with E-state index in [4.69, 9.17) is 9.90 Å². The molecule has 5 heterocycles. The van der Waals surface area contributed by atoms with Gasteiger partial charge < -0.3 is 10.1 Å². The molecule has 2 N–H and O–H groups in total. The van der Waals surface area contributed by atoms with Gasteiger partial charge in [0.25, 0.3) is 0 Å². The molecular weight excluding hydrogens is 495 g/mol. The molecule has 182 valence electrons. The van der Waals surface area contributed by atoms with Crippen molar-refractivity contribution in [2.24, 2.45) is 0 Å². The fourth-order valence-electron chi connectivity index (χ4n) is 3.40. The highest BCUT2D eigenvalue weighted by molar-refractivity contribution is 7.13. The van der Waals surface area contributed by atoms with Crippen LogP contribution in [-0.4, -0.2) is 47.0 Å². The van der Waals surface area contributed by atoms with E-state index in [0.29, 0.717) is 6.42 Å². The predicted octanol–water partition coefficient (Wildman–Crippen LogP) is 5.08. The van der Waals surface area contributed by atoms with Crippen LogP contribution in [0.2, 0.25) is 0 Å². The van der Waals surface area contributed by atoms with Crippen LogP contribution < -0.4 is 0 Å². The summed E-state index contributed by atoms with van der Waals surface area (Å²) in [4.78, 5) is 26.2. The molecule has 0 spiro atoms. The van der Waals surface area contributed by atoms with E-state index in [1.165, 1.54) is 6.33 Å². The number of aromatic amines is 1. The van der Waals surface area contributed by atoms with Crippen LogP contribution in [0.25, 0.3) is 32.7 Å². The number of carboxylic acid groups (broad SMARTS) is 1. The minimum atomic E-state index is -5.08. The third-order valence-electron chi connectivity index (χ3n) is 5.03. The number of hydrogen-bond acceptors (Lipinski definition) is 7. The van der Waals surface area contributed by atoms with E-state index in [2.05, 4.69) is 43.2 Å². The molecule has 0 aliphatic heterocycles. The van der Waals surface area contributed by atoms with Crippen molar-refractivity contribution in [3.05, 3.63) is 72.5 Å². The smallest absolute Gasteiger partial charge is 0.475 e. The predicted molar refractivity (Wildman–Crippen MR) is 125 cm³/mol. The number of alkyl halides is 3. The second kappa shape index (κ2) is 10.4. The van der Waals surface area contributed by atoms with Gasteiger partial charge >= 0.3 is 12.1 Å². The van der Waals surface area contributed by atoms with Crippen molar-refractivity contribution in [3.8, 4) is 27.8 Å². The van der Waals surface area contributed by atoms with Crippen molar-refractivity contribution in [1.82, 2.24) is 29.7 Å². The summed E-state index contributed by atoms with van der Waals surface area (Å²) in [5, 5.41) is 24.1. The van der Waals surface area contributed by atoms with Gasteiger partial charge in [0, 0.05) is 46.2 Å². The fraction of sp³-hybridized carbons (Fsp3) is 0.130. The van der Waals surface area contributed by atoms with Crippen LogP contribution >= 0.6 is 11.3 Å². The number of rotatable bonds is 5. The molecule has 0 aromatic carbocycles. The molecule has 5 aromatic rings. The van der Waals surface area contributed by atoms with Crippen LogP contribution in [0.5, 0.6) is 0 Å². The molecule has 0 amide bonds. The van der Waals surface area contributed by atoms with Gasteiger partial charge in [0.1, 0.15) is 12.0 Å². The van der Waals surface area contributed by atoms with Crippen molar-refractivity contribution < 1.29 is 23.1 Å². The summed E-state index contributed by atoms with van der Waals surface area (Å²) < 4.78 is 33.5. The van der Waals surface area contributed by atoms with Crippen LogP contribution in [0, 0.1) is 11.3 Å². The van der Waals surface area contributed by atoms with E-state index < -0.39 is 12.1 Å². The maximum atomic E-state index is 10.6. The zero-order chi connectivity index (χ0) is 25.7. The first-order valence-electron chi connectivity index (χ1n) is 10.3. The quantitative estimate of drug-likeness (QED) is 0.336. The summed E-state index contributed by atoms with van der Waals surface area (Å²) in [7, 11) is 0. The highest BCUT2D eigenvalue weighted by atomic mass is 32.1. The number of halogens is 3. The summed E-state index contributed by atoms with van der Waals surface area (Å²) in [6.07, 6.45) is 5.93. The lowest BCUT2D eigenvalue weighted by Gasteiger charge is -2.15. The van der Waals surface area contributed by atoms with E-state index >= 15 is 0 Å². The maximum absolute atomic E-state index is 10.6. The number of carbonyl (C=O) groups is 1. The van der Waals surface area contributed by atoms with Crippen LogP contribution in [0.3, 0.4) is 0 Å². The summed E-state index contributed by atoms with van der Waals surface area (Å²) in [5.74, 6) is -2.76. The molecule has 0 saturated carbocycles. The highest BCUT2D eigenvalue weighted by Crippen LogP contribution is 2.30. The first-order chi connectivity index (χ1) is 17.3. The number of hydrogen-bond donors (Lipinski definition) is 2. The lowest BCUT2D eigenvalue weighted by molar-refractivity contribution is -0.192. The Hall–Kier alpha value is -4.57. The monoisotopic (exact) mass is 511 g/mol. The maximum Gasteiger partial charge on any atom is 0.490 e. The number of nitriles is 1. The molecule has 1 unspecified atom stereocenters. The Labute approximate surface area is 205 Å². The number of H-pyrrole nitrogens is 1. The Bertz CT molecular complexity index is 1520. The van der Waals surface area contributed by atoms with Crippen molar-refractivity contribution in [1.29, 1.82) is 5.26 Å². The second-order valence-corrected chi connectivity index (χ2v) is 8.28. The van der Waals surface area contributed by atoms with Crippen molar-refractivity contribution in [2.75, 3.05) is 0 Å². The average Bonchev–Trinajstić information content (AvgIpc) is 3.64. The lowest BCUT2D eigenvalue weighted by atomic mass is 10.0. The largest absolute Gasteiger partial charge is 0.490 e. The molecule has 1 atom stereocenters. The zero-order valence-electron chi connectivity index (χ0n) is 18.2. The van der Waals surface area contributed by atoms with E-state index in [1.807, 2.05) is 40.8 Å². The van der Waals surface area contributed by atoms with Gasteiger partial charge in [-0.05, 0) is 29.1 Å². The number of nitrogens with one attached hydrogen (secondary N) is 1. The number of thiophene rings is 1. The molecule has 0 fully saturated rings. The summed E-state index contributed by atoms with van der Waals surface area (Å²) >= 11 is 1.66. The van der Waals surface area contributed by atoms with Gasteiger partial charge in [-0.2, -0.15) is 23.5 Å². The van der Waals surface area contributed by atoms with Crippen LogP contribution in [0.1, 0.15) is 18.0 Å². The Kier molecular flexibility index (Phi) is 7.07. The minimum Gasteiger partial charge on any atom is -0.475 e. The first kappa shape index (κ1) is 24.6. The Morgan fingerprint density at radius 2 is 2.03 bits per heavy atom. The van der Waals surface area contributed by atoms with E-state index in [0.717, 1.165) is 38.3 Å². The number of aromatic nitrogens is 6. The van der Waals surface area contributed by atoms with E-state index in [9.17, 15) is 18.4 Å². The Balaban J connectivity index is 0.000000384. The Morgan fingerprint density at radius 3 is 2.72 bits per heavy atom. The molecule has 13 heteroatoms. The number of pyridine rings is 1. The number of nitrogens with zero attached hydrogens (tertiary/aromatic N) is 6. The Morgan fingerprint density at radius 1 is 1.22 bits per heavy atom. The van der Waals surface area contributed by atoms with Crippen LogP contribution in [0.4, 0.5) is 13.2 Å². The zero-order valence-corrected chi connectivity index (χ0v) is 19.0. The molecule has 0 aliphatic carbocycles. The van der Waals surface area contributed by atoms with Gasteiger partial charge in [0.05, 0.1) is 30.4 Å². The molecule has 5 aromatic heterocycles. The number of carboxylic acids is 1. The van der Waals surface area contributed by atoms with Crippen molar-refractivity contribution in [2.45, 2.75) is 18.6 Å². The summed E-state index contributed by atoms with van der Waals surface area (Å²) in [5.41, 5.74) is 4.45. The number of aliphatic carboxylic acids is 1. The third-order valence-corrected chi connectivity index (χ3v) is 5.94. The normalized spacial score (nSPS) is 11.9. The fourth-order valence-corrected chi connectivity index (χ4v) is 4.11. The van der Waals surface area contributed by atoms with Gasteiger partial charge in [-0.25, -0.2) is 14.8 Å². The molecule has 0 aliphatic rings. The minimum absolute atomic E-state index is 0.232. The molecule has 5 rings (SSSR count). The van der Waals surface area contributed by atoms with E-state index in [-0.39, 0.29) is 6.04 Å². The molecule has 0 radical (unpaired) electrons. The lowest BCUT2D eigenvalue weighted by Crippen LogP contribution is -2.21. The second-order valence-electron chi connectivity index (χ2n) is 7.34. The van der Waals surface area contributed by atoms with Gasteiger partial charge in [-0.15, -0.1) is 11.3 Å². The molecule has 36 heavy (non-hydrogen) atoms. The number of fused-ring (bicyclic) bond motifs is 1. The van der Waals surface area contributed by atoms with Gasteiger partial charge in [-0.3, -0.25) is 9.67 Å². The van der Waals surface area contributed by atoms with E-state index in [1.54, 1.807) is 23.7 Å². The van der Waals surface area contributed by atoms with Crippen LogP contribution in [-0.2, 0) is 4.79 Å². The van der Waals surface area contributed by atoms with Crippen molar-refractivity contribution in [3.63, 3.8) is 0 Å². The third kappa shape index (κ3) is 5.39. The van der Waals surface area contributed by atoms with Crippen molar-refractivity contribution >= 4 is 28.3 Å². The SMILES string of the molecule is N#CCC(c1cncc(-c2cccs2)c1)n1cc(-c2ncnc3[nH]ccc23)cn1.O=C(O)C(F)(F)F. The van der Waals surface area contributed by atoms with Gasteiger partial charge in [-0.1, -0.05) is 6.07 Å². The summed E-state index contributed by atoms with van der Waals surface area (Å²) in [6.45, 7) is 0. The van der Waals surface area contributed by atoms with Gasteiger partial charge in [0.15, 0.2) is 0 Å². The molecular formula is C23H16F3N7O2S. The molecule has 0 saturated heterocycles. The molecule has 0 bridgehead atoms. The molecule has 9 nitrogen and oxygen atoms in total. The average molecular weight is 511 g/mol. The standard InChI is InChI=1S/C21H15N7S.C2HF3O2/c22-5-3-18(14-8-15(10-23-9-14)19-2-1-7-29-19)28-12-16(11-27-28)20-17-4-6-24-21(17)26-13-25-20;3-2(4,5)1(6)7/h1-2,4,6-13,18H,3H2,(H,24,25,26);(H,6,7).